The maximum absolute atomic E-state index is 11.4. The van der Waals surface area contributed by atoms with Crippen LogP contribution in [0.15, 0.2) is 30.3 Å². The number of benzene rings is 1. The molecular formula is C16H21NO4. The lowest BCUT2D eigenvalue weighted by molar-refractivity contribution is -0.143. The number of hydrogen-bond donors (Lipinski definition) is 1. The molecule has 1 fully saturated rings. The van der Waals surface area contributed by atoms with Crippen LogP contribution in [0.2, 0.25) is 0 Å². The van der Waals surface area contributed by atoms with E-state index in [4.69, 9.17) is 0 Å². The van der Waals surface area contributed by atoms with Crippen LogP contribution >= 0.6 is 0 Å². The van der Waals surface area contributed by atoms with E-state index in [9.17, 15) is 9.59 Å². The molecule has 114 valence electrons. The predicted molar refractivity (Wildman–Crippen MR) is 77.8 cm³/mol. The highest BCUT2D eigenvalue weighted by Crippen LogP contribution is 2.41. The Kier molecular flexibility index (Phi) is 5.33. The van der Waals surface area contributed by atoms with Gasteiger partial charge in [0.1, 0.15) is 0 Å². The summed E-state index contributed by atoms with van der Waals surface area (Å²) in [5, 5.41) is 3.37. The monoisotopic (exact) mass is 291 g/mol. The molecule has 2 rings (SSSR count). The number of carbonyl (C=O) groups excluding carboxylic acids is 2. The standard InChI is InChI=1S/C16H21NO4/c1-20-15(18)8-12(9-16(19)21-2)17-14-10-13(14)11-6-4-3-5-7-11/h3-7,12-14,17H,8-10H2,1-2H3/t13-,14+/m0/s1. The Labute approximate surface area is 124 Å². The summed E-state index contributed by atoms with van der Waals surface area (Å²) in [7, 11) is 2.70. The summed E-state index contributed by atoms with van der Waals surface area (Å²) in [6.07, 6.45) is 1.36. The fraction of sp³-hybridized carbons (Fsp3) is 0.500. The first-order valence-corrected chi connectivity index (χ1v) is 7.08. The molecule has 0 amide bonds. The Balaban J connectivity index is 1.90. The average molecular weight is 291 g/mol. The molecule has 21 heavy (non-hydrogen) atoms. The summed E-state index contributed by atoms with van der Waals surface area (Å²) in [4.78, 5) is 22.9. The highest BCUT2D eigenvalue weighted by atomic mass is 16.5. The van der Waals surface area contributed by atoms with Crippen molar-refractivity contribution >= 4 is 11.9 Å². The van der Waals surface area contributed by atoms with Gasteiger partial charge in [-0.05, 0) is 12.0 Å². The molecule has 0 heterocycles. The van der Waals surface area contributed by atoms with Gasteiger partial charge < -0.3 is 14.8 Å². The van der Waals surface area contributed by atoms with Crippen LogP contribution in [-0.4, -0.2) is 38.2 Å². The maximum atomic E-state index is 11.4. The molecule has 1 aliphatic carbocycles. The average Bonchev–Trinajstić information content (AvgIpc) is 3.26. The Morgan fingerprint density at radius 2 is 1.71 bits per heavy atom. The number of carbonyl (C=O) groups is 2. The first-order chi connectivity index (χ1) is 10.1. The van der Waals surface area contributed by atoms with Gasteiger partial charge in [0.15, 0.2) is 0 Å². The van der Waals surface area contributed by atoms with Gasteiger partial charge in [0.05, 0.1) is 27.1 Å². The van der Waals surface area contributed by atoms with Gasteiger partial charge in [0.2, 0.25) is 0 Å². The largest absolute Gasteiger partial charge is 0.469 e. The van der Waals surface area contributed by atoms with Crippen molar-refractivity contribution in [3.05, 3.63) is 35.9 Å². The highest BCUT2D eigenvalue weighted by Gasteiger charge is 2.39. The minimum Gasteiger partial charge on any atom is -0.469 e. The van der Waals surface area contributed by atoms with E-state index in [0.29, 0.717) is 12.0 Å². The van der Waals surface area contributed by atoms with Crippen molar-refractivity contribution in [2.75, 3.05) is 14.2 Å². The van der Waals surface area contributed by atoms with Crippen LogP contribution in [0.4, 0.5) is 0 Å². The minimum absolute atomic E-state index is 0.170. The summed E-state index contributed by atoms with van der Waals surface area (Å²) >= 11 is 0. The second-order valence-corrected chi connectivity index (χ2v) is 5.28. The van der Waals surface area contributed by atoms with E-state index in [1.807, 2.05) is 18.2 Å². The van der Waals surface area contributed by atoms with Gasteiger partial charge in [-0.25, -0.2) is 0 Å². The zero-order valence-electron chi connectivity index (χ0n) is 12.4. The lowest BCUT2D eigenvalue weighted by Crippen LogP contribution is -2.36. The molecule has 0 aliphatic heterocycles. The molecular weight excluding hydrogens is 270 g/mol. The van der Waals surface area contributed by atoms with Gasteiger partial charge in [-0.1, -0.05) is 30.3 Å². The molecule has 5 heteroatoms. The van der Waals surface area contributed by atoms with Crippen molar-refractivity contribution < 1.29 is 19.1 Å². The van der Waals surface area contributed by atoms with Crippen molar-refractivity contribution in [1.29, 1.82) is 0 Å². The van der Waals surface area contributed by atoms with Gasteiger partial charge in [0, 0.05) is 18.0 Å². The summed E-state index contributed by atoms with van der Waals surface area (Å²) in [6, 6.07) is 10.3. The Bertz CT molecular complexity index is 470. The topological polar surface area (TPSA) is 64.6 Å². The zero-order valence-corrected chi connectivity index (χ0v) is 12.4. The van der Waals surface area contributed by atoms with Crippen LogP contribution in [0.25, 0.3) is 0 Å². The number of rotatable bonds is 7. The highest BCUT2D eigenvalue weighted by molar-refractivity contribution is 5.73. The molecule has 0 radical (unpaired) electrons. The number of esters is 2. The van der Waals surface area contributed by atoms with Crippen molar-refractivity contribution in [3.8, 4) is 0 Å². The van der Waals surface area contributed by atoms with E-state index in [0.717, 1.165) is 6.42 Å². The lowest BCUT2D eigenvalue weighted by Gasteiger charge is -2.16. The van der Waals surface area contributed by atoms with Crippen LogP contribution in [0.5, 0.6) is 0 Å². The number of nitrogens with one attached hydrogen (secondary N) is 1. The van der Waals surface area contributed by atoms with E-state index >= 15 is 0 Å². The number of ether oxygens (including phenoxy) is 2. The van der Waals surface area contributed by atoms with Gasteiger partial charge >= 0.3 is 11.9 Å². The molecule has 0 spiro atoms. The summed E-state index contributed by atoms with van der Waals surface area (Å²) in [5.41, 5.74) is 1.28. The van der Waals surface area contributed by atoms with Crippen molar-refractivity contribution in [2.45, 2.75) is 37.3 Å². The molecule has 0 unspecified atom stereocenters. The zero-order chi connectivity index (χ0) is 15.2. The van der Waals surface area contributed by atoms with Gasteiger partial charge in [-0.3, -0.25) is 9.59 Å². The first kappa shape index (κ1) is 15.5. The van der Waals surface area contributed by atoms with Crippen LogP contribution in [-0.2, 0) is 19.1 Å². The van der Waals surface area contributed by atoms with Crippen LogP contribution in [0.3, 0.4) is 0 Å². The van der Waals surface area contributed by atoms with E-state index in [2.05, 4.69) is 26.9 Å². The Hall–Kier alpha value is -1.88. The molecule has 2 atom stereocenters. The molecule has 1 aromatic rings. The fourth-order valence-corrected chi connectivity index (χ4v) is 2.51. The second-order valence-electron chi connectivity index (χ2n) is 5.28. The quantitative estimate of drug-likeness (QED) is 0.774. The van der Waals surface area contributed by atoms with Gasteiger partial charge in [0.25, 0.3) is 0 Å². The van der Waals surface area contributed by atoms with E-state index in [1.165, 1.54) is 19.8 Å². The van der Waals surface area contributed by atoms with Crippen LogP contribution in [0, 0.1) is 0 Å². The molecule has 0 bridgehead atoms. The smallest absolute Gasteiger partial charge is 0.307 e. The van der Waals surface area contributed by atoms with Gasteiger partial charge in [-0.2, -0.15) is 0 Å². The normalized spacial score (nSPS) is 20.1. The molecule has 1 aromatic carbocycles. The molecule has 1 N–H and O–H groups in total. The molecule has 1 saturated carbocycles. The summed E-state index contributed by atoms with van der Waals surface area (Å²) in [5.74, 6) is -0.203. The maximum Gasteiger partial charge on any atom is 0.307 e. The summed E-state index contributed by atoms with van der Waals surface area (Å²) in [6.45, 7) is 0. The van der Waals surface area contributed by atoms with Crippen molar-refractivity contribution in [2.24, 2.45) is 0 Å². The molecule has 0 saturated heterocycles. The minimum atomic E-state index is -0.326. The molecule has 0 aromatic heterocycles. The molecule has 1 aliphatic rings. The number of hydrogen-bond acceptors (Lipinski definition) is 5. The third-order valence-corrected chi connectivity index (χ3v) is 3.75. The lowest BCUT2D eigenvalue weighted by atomic mass is 10.1. The van der Waals surface area contributed by atoms with Crippen molar-refractivity contribution in [1.82, 2.24) is 5.32 Å². The van der Waals surface area contributed by atoms with E-state index in [1.54, 1.807) is 0 Å². The predicted octanol–water partition coefficient (Wildman–Crippen LogP) is 1.63. The second kappa shape index (κ2) is 7.22. The van der Waals surface area contributed by atoms with E-state index in [-0.39, 0.29) is 30.8 Å². The Morgan fingerprint density at radius 3 is 2.24 bits per heavy atom. The van der Waals surface area contributed by atoms with Crippen LogP contribution in [0.1, 0.15) is 30.7 Å². The number of methoxy groups -OCH3 is 2. The van der Waals surface area contributed by atoms with Crippen LogP contribution < -0.4 is 5.32 Å². The van der Waals surface area contributed by atoms with Crippen molar-refractivity contribution in [3.63, 3.8) is 0 Å². The Morgan fingerprint density at radius 1 is 1.14 bits per heavy atom. The summed E-state index contributed by atoms with van der Waals surface area (Å²) < 4.78 is 9.36. The fourth-order valence-electron chi connectivity index (χ4n) is 2.51. The molecule has 5 nitrogen and oxygen atoms in total. The third kappa shape index (κ3) is 4.56. The van der Waals surface area contributed by atoms with E-state index < -0.39 is 0 Å². The van der Waals surface area contributed by atoms with Gasteiger partial charge in [-0.15, -0.1) is 0 Å². The first-order valence-electron chi connectivity index (χ1n) is 7.08. The SMILES string of the molecule is COC(=O)CC(CC(=O)OC)N[C@@H]1C[C@H]1c1ccccc1. The third-order valence-electron chi connectivity index (χ3n) is 3.75.